The Bertz CT molecular complexity index is 629. The molecule has 22 heavy (non-hydrogen) atoms. The van der Waals surface area contributed by atoms with E-state index >= 15 is 0 Å². The van der Waals surface area contributed by atoms with Crippen LogP contribution in [0, 0.1) is 5.82 Å². The van der Waals surface area contributed by atoms with Gasteiger partial charge in [0.1, 0.15) is 5.82 Å². The summed E-state index contributed by atoms with van der Waals surface area (Å²) in [5, 5.41) is 3.92. The smallest absolute Gasteiger partial charge is 0.123 e. The summed E-state index contributed by atoms with van der Waals surface area (Å²) in [4.78, 5) is 3.41. The average molecular weight is 382 g/mol. The third-order valence-corrected chi connectivity index (χ3v) is 5.26. The molecule has 1 aliphatic heterocycles. The molecule has 1 atom stereocenters. The van der Waals surface area contributed by atoms with Crippen molar-refractivity contribution < 1.29 is 4.39 Å². The van der Waals surface area contributed by atoms with Gasteiger partial charge in [0, 0.05) is 36.1 Å². The van der Waals surface area contributed by atoms with Crippen molar-refractivity contribution in [3.05, 3.63) is 55.9 Å². The topological polar surface area (TPSA) is 15.3 Å². The van der Waals surface area contributed by atoms with Gasteiger partial charge in [0.05, 0.1) is 10.4 Å². The molecule has 1 aromatic carbocycles. The number of hydrogen-bond acceptors (Lipinski definition) is 3. The fourth-order valence-electron chi connectivity index (χ4n) is 2.67. The maximum Gasteiger partial charge on any atom is 0.123 e. The van der Waals surface area contributed by atoms with Crippen LogP contribution in [0.4, 0.5) is 4.39 Å². The van der Waals surface area contributed by atoms with E-state index in [0.29, 0.717) is 5.02 Å². The lowest BCUT2D eigenvalue weighted by Gasteiger charge is -2.35. The minimum Gasteiger partial charge on any atom is -0.314 e. The van der Waals surface area contributed by atoms with Gasteiger partial charge in [-0.1, -0.05) is 23.2 Å². The molecule has 0 spiro atoms. The summed E-state index contributed by atoms with van der Waals surface area (Å²) in [6, 6.07) is 8.37. The number of benzene rings is 1. The lowest BCUT2D eigenvalue weighted by Crippen LogP contribution is -2.45. The largest absolute Gasteiger partial charge is 0.314 e. The second-order valence-electron chi connectivity index (χ2n) is 5.00. The quantitative estimate of drug-likeness (QED) is 0.835. The van der Waals surface area contributed by atoms with Gasteiger partial charge in [-0.05, 0) is 35.9 Å². The molecule has 1 N–H and O–H groups in total. The molecule has 2 nitrogen and oxygen atoms in total. The molecule has 1 aromatic heterocycles. The van der Waals surface area contributed by atoms with Gasteiger partial charge < -0.3 is 5.32 Å². The molecule has 1 fully saturated rings. The molecule has 2 aromatic rings. The Kier molecular flexibility index (Phi) is 6.50. The highest BCUT2D eigenvalue weighted by Crippen LogP contribution is 2.38. The van der Waals surface area contributed by atoms with Crippen LogP contribution < -0.4 is 5.32 Å². The number of nitrogens with zero attached hydrogens (tertiary/aromatic N) is 1. The Morgan fingerprint density at radius 2 is 1.86 bits per heavy atom. The number of piperazine rings is 1. The minimum absolute atomic E-state index is 0. The number of hydrogen-bond donors (Lipinski definition) is 1. The van der Waals surface area contributed by atoms with Crippen LogP contribution in [-0.2, 0) is 0 Å². The number of halogens is 4. The fourth-order valence-corrected chi connectivity index (χ4v) is 4.11. The van der Waals surface area contributed by atoms with Crippen molar-refractivity contribution in [1.82, 2.24) is 10.2 Å². The van der Waals surface area contributed by atoms with E-state index in [1.807, 2.05) is 12.1 Å². The van der Waals surface area contributed by atoms with Crippen LogP contribution in [0.2, 0.25) is 9.36 Å². The predicted molar refractivity (Wildman–Crippen MR) is 94.3 cm³/mol. The zero-order valence-corrected chi connectivity index (χ0v) is 14.8. The van der Waals surface area contributed by atoms with Crippen LogP contribution in [0.1, 0.15) is 16.5 Å². The standard InChI is InChI=1S/C15H15Cl2FN2S.ClH/c16-12-2-1-10(18)9-11(12)15(13-3-4-14(17)21-13)20-7-5-19-6-8-20;/h1-4,9,15,19H,5-8H2;1H/t15-;/m0./s1. The third kappa shape index (κ3) is 3.94. The number of rotatable bonds is 3. The van der Waals surface area contributed by atoms with Crippen molar-refractivity contribution in [3.63, 3.8) is 0 Å². The normalized spacial score (nSPS) is 17.0. The Morgan fingerprint density at radius 3 is 2.50 bits per heavy atom. The minimum atomic E-state index is -0.266. The molecular weight excluding hydrogens is 366 g/mol. The van der Waals surface area contributed by atoms with Crippen molar-refractivity contribution in [2.75, 3.05) is 26.2 Å². The van der Waals surface area contributed by atoms with Crippen LogP contribution in [0.15, 0.2) is 30.3 Å². The summed E-state index contributed by atoms with van der Waals surface area (Å²) >= 11 is 13.9. The first-order valence-corrected chi connectivity index (χ1v) is 8.37. The van der Waals surface area contributed by atoms with Gasteiger partial charge in [-0.25, -0.2) is 4.39 Å². The van der Waals surface area contributed by atoms with Crippen molar-refractivity contribution in [1.29, 1.82) is 0 Å². The SMILES string of the molecule is Cl.Fc1ccc(Cl)c([C@@H](c2ccc(Cl)s2)N2CCNCC2)c1. The fraction of sp³-hybridized carbons (Fsp3) is 0.333. The van der Waals surface area contributed by atoms with Gasteiger partial charge >= 0.3 is 0 Å². The molecule has 2 heterocycles. The highest BCUT2D eigenvalue weighted by molar-refractivity contribution is 7.16. The number of nitrogens with one attached hydrogen (secondary N) is 1. The van der Waals surface area contributed by atoms with Crippen LogP contribution in [-0.4, -0.2) is 31.1 Å². The summed E-state index contributed by atoms with van der Waals surface area (Å²) in [6.07, 6.45) is 0. The van der Waals surface area contributed by atoms with Crippen molar-refractivity contribution in [3.8, 4) is 0 Å². The van der Waals surface area contributed by atoms with Gasteiger partial charge in [-0.3, -0.25) is 4.90 Å². The first-order valence-electron chi connectivity index (χ1n) is 6.80. The van der Waals surface area contributed by atoms with E-state index in [1.165, 1.54) is 23.5 Å². The maximum atomic E-state index is 13.7. The van der Waals surface area contributed by atoms with Gasteiger partial charge in [-0.15, -0.1) is 23.7 Å². The van der Waals surface area contributed by atoms with Gasteiger partial charge in [-0.2, -0.15) is 0 Å². The molecule has 0 amide bonds. The van der Waals surface area contributed by atoms with E-state index < -0.39 is 0 Å². The zero-order valence-electron chi connectivity index (χ0n) is 11.7. The van der Waals surface area contributed by atoms with Crippen LogP contribution in [0.5, 0.6) is 0 Å². The summed E-state index contributed by atoms with van der Waals surface area (Å²) in [5.74, 6) is -0.266. The van der Waals surface area contributed by atoms with Crippen molar-refractivity contribution >= 4 is 46.9 Å². The molecule has 1 saturated heterocycles. The molecule has 0 saturated carbocycles. The molecular formula is C15H16Cl3FN2S. The summed E-state index contributed by atoms with van der Waals surface area (Å²) in [7, 11) is 0. The van der Waals surface area contributed by atoms with Crippen LogP contribution >= 0.6 is 46.9 Å². The summed E-state index contributed by atoms with van der Waals surface area (Å²) < 4.78 is 14.4. The zero-order chi connectivity index (χ0) is 14.8. The second-order valence-corrected chi connectivity index (χ2v) is 7.15. The van der Waals surface area contributed by atoms with E-state index in [9.17, 15) is 4.39 Å². The Balaban J connectivity index is 0.00000176. The molecule has 0 aliphatic carbocycles. The Morgan fingerprint density at radius 1 is 1.14 bits per heavy atom. The molecule has 0 radical (unpaired) electrons. The van der Waals surface area contributed by atoms with Gasteiger partial charge in [0.2, 0.25) is 0 Å². The summed E-state index contributed by atoms with van der Waals surface area (Å²) in [6.45, 7) is 3.63. The van der Waals surface area contributed by atoms with Crippen LogP contribution in [0.3, 0.4) is 0 Å². The van der Waals surface area contributed by atoms with Gasteiger partial charge in [0.15, 0.2) is 0 Å². The van der Waals surface area contributed by atoms with E-state index in [4.69, 9.17) is 23.2 Å². The van der Waals surface area contributed by atoms with E-state index in [1.54, 1.807) is 6.07 Å². The average Bonchev–Trinajstić information content (AvgIpc) is 2.90. The Hall–Kier alpha value is -0.360. The third-order valence-electron chi connectivity index (χ3n) is 3.63. The molecule has 0 unspecified atom stereocenters. The first-order chi connectivity index (χ1) is 10.1. The number of thiophene rings is 1. The second kappa shape index (κ2) is 7.95. The van der Waals surface area contributed by atoms with Gasteiger partial charge in [0.25, 0.3) is 0 Å². The van der Waals surface area contributed by atoms with E-state index in [2.05, 4.69) is 10.2 Å². The van der Waals surface area contributed by atoms with Crippen molar-refractivity contribution in [2.24, 2.45) is 0 Å². The summed E-state index contributed by atoms with van der Waals surface area (Å²) in [5.41, 5.74) is 0.803. The molecule has 3 rings (SSSR count). The first kappa shape index (κ1) is 18.0. The maximum absolute atomic E-state index is 13.7. The Labute approximate surface area is 149 Å². The van der Waals surface area contributed by atoms with Crippen LogP contribution in [0.25, 0.3) is 0 Å². The molecule has 120 valence electrons. The highest BCUT2D eigenvalue weighted by atomic mass is 35.5. The van der Waals surface area contributed by atoms with Crippen molar-refractivity contribution in [2.45, 2.75) is 6.04 Å². The van der Waals surface area contributed by atoms with E-state index in [0.717, 1.165) is 41.0 Å². The molecule has 0 bridgehead atoms. The molecule has 1 aliphatic rings. The highest BCUT2D eigenvalue weighted by Gasteiger charge is 2.27. The lowest BCUT2D eigenvalue weighted by atomic mass is 10.0. The monoisotopic (exact) mass is 380 g/mol. The van der Waals surface area contributed by atoms with E-state index in [-0.39, 0.29) is 24.3 Å². The molecule has 7 heteroatoms. The predicted octanol–water partition coefficient (Wildman–Crippen LogP) is 4.61. The lowest BCUT2D eigenvalue weighted by molar-refractivity contribution is 0.200.